The van der Waals surface area contributed by atoms with Crippen LogP contribution in [0.1, 0.15) is 31.9 Å². The van der Waals surface area contributed by atoms with Gasteiger partial charge in [0.25, 0.3) is 0 Å². The molecule has 0 fully saturated rings. The Labute approximate surface area is 188 Å². The third-order valence-corrected chi connectivity index (χ3v) is 4.20. The van der Waals surface area contributed by atoms with Crippen molar-refractivity contribution >= 4 is 18.1 Å². The molecule has 2 rings (SSSR count). The van der Waals surface area contributed by atoms with Gasteiger partial charge in [-0.3, -0.25) is 4.79 Å². The van der Waals surface area contributed by atoms with Crippen LogP contribution in [-0.2, 0) is 27.3 Å². The smallest absolute Gasteiger partial charge is 0.408 e. The van der Waals surface area contributed by atoms with Crippen LogP contribution < -0.4 is 16.0 Å². The van der Waals surface area contributed by atoms with Crippen LogP contribution in [-0.4, -0.2) is 42.8 Å². The molecule has 0 spiro atoms. The molecule has 2 aromatic rings. The first-order valence-corrected chi connectivity index (χ1v) is 10.5. The van der Waals surface area contributed by atoms with E-state index in [0.29, 0.717) is 6.42 Å². The maximum atomic E-state index is 12.7. The molecule has 1 atom stereocenters. The van der Waals surface area contributed by atoms with Crippen molar-refractivity contribution in [2.75, 3.05) is 13.1 Å². The topological polar surface area (TPSA) is 106 Å². The minimum Gasteiger partial charge on any atom is -0.445 e. The number of hydrogen-bond acceptors (Lipinski definition) is 5. The summed E-state index contributed by atoms with van der Waals surface area (Å²) in [5.41, 5.74) is 1.14. The highest BCUT2D eigenvalue weighted by atomic mass is 16.6. The lowest BCUT2D eigenvalue weighted by atomic mass is 10.1. The summed E-state index contributed by atoms with van der Waals surface area (Å²) in [4.78, 5) is 36.7. The molecule has 0 saturated heterocycles. The Hall–Kier alpha value is -3.55. The van der Waals surface area contributed by atoms with E-state index >= 15 is 0 Å². The highest BCUT2D eigenvalue weighted by Crippen LogP contribution is 2.07. The maximum Gasteiger partial charge on any atom is 0.408 e. The minimum atomic E-state index is -0.831. The zero-order valence-corrected chi connectivity index (χ0v) is 18.7. The quantitative estimate of drug-likeness (QED) is 0.519. The van der Waals surface area contributed by atoms with E-state index in [1.54, 1.807) is 20.8 Å². The second-order valence-electron chi connectivity index (χ2n) is 8.17. The average Bonchev–Trinajstić information content (AvgIpc) is 2.75. The van der Waals surface area contributed by atoms with Gasteiger partial charge in [-0.1, -0.05) is 60.7 Å². The second kappa shape index (κ2) is 12.3. The Balaban J connectivity index is 1.87. The van der Waals surface area contributed by atoms with E-state index in [1.165, 1.54) is 0 Å². The zero-order valence-electron chi connectivity index (χ0n) is 18.7. The van der Waals surface area contributed by atoms with Crippen LogP contribution in [0.2, 0.25) is 0 Å². The van der Waals surface area contributed by atoms with Gasteiger partial charge in [0.1, 0.15) is 18.2 Å². The number of nitrogens with one attached hydrogen (secondary N) is 3. The normalized spacial score (nSPS) is 11.7. The van der Waals surface area contributed by atoms with E-state index in [-0.39, 0.29) is 25.6 Å². The average molecular weight is 442 g/mol. The molecule has 2 aromatic carbocycles. The Morgan fingerprint density at radius 1 is 0.812 bits per heavy atom. The Morgan fingerprint density at radius 3 is 1.97 bits per heavy atom. The summed E-state index contributed by atoms with van der Waals surface area (Å²) in [5, 5.41) is 7.93. The SMILES string of the molecule is CC(C)(C)OC(=O)NCCNC(=O)[C@H](Cc1ccccc1)NC(=O)OCc1ccccc1. The Kier molecular flexibility index (Phi) is 9.53. The fraction of sp³-hybridized carbons (Fsp3) is 0.375. The van der Waals surface area contributed by atoms with Crippen LogP contribution in [0.4, 0.5) is 9.59 Å². The molecular formula is C24H31N3O5. The van der Waals surface area contributed by atoms with Gasteiger partial charge in [-0.15, -0.1) is 0 Å². The summed E-state index contributed by atoms with van der Waals surface area (Å²) < 4.78 is 10.4. The van der Waals surface area contributed by atoms with Crippen molar-refractivity contribution in [1.82, 2.24) is 16.0 Å². The van der Waals surface area contributed by atoms with Crippen molar-refractivity contribution < 1.29 is 23.9 Å². The van der Waals surface area contributed by atoms with Gasteiger partial charge in [-0.25, -0.2) is 9.59 Å². The van der Waals surface area contributed by atoms with E-state index in [9.17, 15) is 14.4 Å². The van der Waals surface area contributed by atoms with Crippen LogP contribution >= 0.6 is 0 Å². The molecule has 0 bridgehead atoms. The number of amides is 3. The molecule has 0 aromatic heterocycles. The molecular weight excluding hydrogens is 410 g/mol. The molecule has 0 aliphatic carbocycles. The number of hydrogen-bond donors (Lipinski definition) is 3. The third-order valence-electron chi connectivity index (χ3n) is 4.20. The molecule has 0 aliphatic rings. The number of benzene rings is 2. The molecule has 8 heteroatoms. The van der Waals surface area contributed by atoms with E-state index < -0.39 is 23.8 Å². The Morgan fingerprint density at radius 2 is 1.38 bits per heavy atom. The van der Waals surface area contributed by atoms with Crippen molar-refractivity contribution in [2.45, 2.75) is 45.4 Å². The molecule has 172 valence electrons. The van der Waals surface area contributed by atoms with Crippen molar-refractivity contribution in [3.05, 3.63) is 71.8 Å². The van der Waals surface area contributed by atoms with E-state index in [1.807, 2.05) is 60.7 Å². The molecule has 0 saturated carbocycles. The largest absolute Gasteiger partial charge is 0.445 e. The van der Waals surface area contributed by atoms with Gasteiger partial charge in [-0.2, -0.15) is 0 Å². The maximum absolute atomic E-state index is 12.7. The molecule has 0 aliphatic heterocycles. The molecule has 8 nitrogen and oxygen atoms in total. The van der Waals surface area contributed by atoms with Gasteiger partial charge in [-0.05, 0) is 31.9 Å². The van der Waals surface area contributed by atoms with Gasteiger partial charge in [0.05, 0.1) is 0 Å². The van der Waals surface area contributed by atoms with Crippen molar-refractivity contribution in [3.63, 3.8) is 0 Å². The second-order valence-corrected chi connectivity index (χ2v) is 8.17. The number of ether oxygens (including phenoxy) is 2. The first kappa shape index (κ1) is 24.7. The molecule has 0 heterocycles. The standard InChI is InChI=1S/C24H31N3O5/c1-24(2,3)32-22(29)26-15-14-25-21(28)20(16-18-10-6-4-7-11-18)27-23(30)31-17-19-12-8-5-9-13-19/h4-13,20H,14-17H2,1-3H3,(H,25,28)(H,26,29)(H,27,30)/t20-/m0/s1. The van der Waals surface area contributed by atoms with Gasteiger partial charge >= 0.3 is 12.2 Å². The summed E-state index contributed by atoms with van der Waals surface area (Å²) in [5.74, 6) is -0.378. The summed E-state index contributed by atoms with van der Waals surface area (Å²) in [6, 6.07) is 17.8. The zero-order chi connectivity index (χ0) is 23.4. The highest BCUT2D eigenvalue weighted by molar-refractivity contribution is 5.86. The lowest BCUT2D eigenvalue weighted by Gasteiger charge is -2.20. The van der Waals surface area contributed by atoms with Crippen molar-refractivity contribution in [1.29, 1.82) is 0 Å². The van der Waals surface area contributed by atoms with Crippen LogP contribution in [0.5, 0.6) is 0 Å². The van der Waals surface area contributed by atoms with Crippen LogP contribution in [0, 0.1) is 0 Å². The van der Waals surface area contributed by atoms with Gasteiger partial charge in [0, 0.05) is 19.5 Å². The summed E-state index contributed by atoms with van der Waals surface area (Å²) >= 11 is 0. The first-order valence-electron chi connectivity index (χ1n) is 10.5. The fourth-order valence-corrected chi connectivity index (χ4v) is 2.75. The highest BCUT2D eigenvalue weighted by Gasteiger charge is 2.22. The predicted octanol–water partition coefficient (Wildman–Crippen LogP) is 3.17. The number of rotatable bonds is 9. The molecule has 0 radical (unpaired) electrons. The van der Waals surface area contributed by atoms with Gasteiger partial charge in [0.15, 0.2) is 0 Å². The van der Waals surface area contributed by atoms with E-state index in [0.717, 1.165) is 11.1 Å². The summed E-state index contributed by atoms with van der Waals surface area (Å²) in [6.07, 6.45) is -0.945. The van der Waals surface area contributed by atoms with Gasteiger partial charge < -0.3 is 25.4 Å². The molecule has 0 unspecified atom stereocenters. The Bertz CT molecular complexity index is 866. The minimum absolute atomic E-state index is 0.103. The lowest BCUT2D eigenvalue weighted by Crippen LogP contribution is -2.49. The fourth-order valence-electron chi connectivity index (χ4n) is 2.75. The van der Waals surface area contributed by atoms with Crippen molar-refractivity contribution in [2.24, 2.45) is 0 Å². The van der Waals surface area contributed by atoms with Gasteiger partial charge in [0.2, 0.25) is 5.91 Å². The first-order chi connectivity index (χ1) is 15.2. The predicted molar refractivity (Wildman–Crippen MR) is 121 cm³/mol. The van der Waals surface area contributed by atoms with Crippen LogP contribution in [0.3, 0.4) is 0 Å². The monoisotopic (exact) mass is 441 g/mol. The van der Waals surface area contributed by atoms with Crippen LogP contribution in [0.15, 0.2) is 60.7 Å². The number of carbonyl (C=O) groups is 3. The third kappa shape index (κ3) is 9.97. The van der Waals surface area contributed by atoms with Crippen molar-refractivity contribution in [3.8, 4) is 0 Å². The van der Waals surface area contributed by atoms with E-state index in [4.69, 9.17) is 9.47 Å². The lowest BCUT2D eigenvalue weighted by molar-refractivity contribution is -0.123. The number of alkyl carbamates (subject to hydrolysis) is 2. The number of carbonyl (C=O) groups excluding carboxylic acids is 3. The molecule has 32 heavy (non-hydrogen) atoms. The summed E-state index contributed by atoms with van der Waals surface area (Å²) in [7, 11) is 0. The summed E-state index contributed by atoms with van der Waals surface area (Å²) in [6.45, 7) is 5.79. The van der Waals surface area contributed by atoms with E-state index in [2.05, 4.69) is 16.0 Å². The molecule has 3 amide bonds. The molecule has 3 N–H and O–H groups in total. The van der Waals surface area contributed by atoms with Crippen LogP contribution in [0.25, 0.3) is 0 Å².